The minimum atomic E-state index is 0.668. The van der Waals surface area contributed by atoms with E-state index in [-0.39, 0.29) is 0 Å². The SMILES string of the molecule is CCNC(=NCc1ccccc1Cn1cccn1)NCCC1CCN(C)CC1. The van der Waals surface area contributed by atoms with Crippen LogP contribution < -0.4 is 10.6 Å². The van der Waals surface area contributed by atoms with Gasteiger partial charge >= 0.3 is 0 Å². The highest BCUT2D eigenvalue weighted by Crippen LogP contribution is 2.18. The van der Waals surface area contributed by atoms with Gasteiger partial charge in [-0.2, -0.15) is 5.10 Å². The summed E-state index contributed by atoms with van der Waals surface area (Å²) in [6, 6.07) is 10.4. The molecule has 2 N–H and O–H groups in total. The van der Waals surface area contributed by atoms with Crippen LogP contribution in [0.15, 0.2) is 47.7 Å². The van der Waals surface area contributed by atoms with Gasteiger partial charge in [0.25, 0.3) is 0 Å². The number of benzene rings is 1. The van der Waals surface area contributed by atoms with Crippen molar-refractivity contribution in [3.63, 3.8) is 0 Å². The van der Waals surface area contributed by atoms with Crippen LogP contribution >= 0.6 is 0 Å². The molecule has 1 saturated heterocycles. The number of aliphatic imine (C=N–C) groups is 1. The van der Waals surface area contributed by atoms with Gasteiger partial charge in [-0.25, -0.2) is 4.99 Å². The van der Waals surface area contributed by atoms with Crippen LogP contribution in [0.2, 0.25) is 0 Å². The first-order valence-corrected chi connectivity index (χ1v) is 10.5. The molecule has 6 nitrogen and oxygen atoms in total. The normalized spacial score (nSPS) is 16.3. The molecule has 0 bridgehead atoms. The van der Waals surface area contributed by atoms with Crippen molar-refractivity contribution in [2.75, 3.05) is 33.2 Å². The van der Waals surface area contributed by atoms with Crippen LogP contribution in [0.25, 0.3) is 0 Å². The van der Waals surface area contributed by atoms with Gasteiger partial charge in [-0.05, 0) is 69.4 Å². The summed E-state index contributed by atoms with van der Waals surface area (Å²) in [5.74, 6) is 1.74. The van der Waals surface area contributed by atoms with Gasteiger partial charge in [0.05, 0.1) is 13.1 Å². The molecular weight excluding hydrogens is 348 g/mol. The van der Waals surface area contributed by atoms with Crippen LogP contribution in [0.5, 0.6) is 0 Å². The van der Waals surface area contributed by atoms with Crippen LogP contribution in [-0.2, 0) is 13.1 Å². The van der Waals surface area contributed by atoms with E-state index in [1.165, 1.54) is 43.5 Å². The maximum Gasteiger partial charge on any atom is 0.191 e. The maximum atomic E-state index is 4.82. The molecule has 1 aromatic carbocycles. The molecule has 28 heavy (non-hydrogen) atoms. The molecule has 0 saturated carbocycles. The first-order valence-electron chi connectivity index (χ1n) is 10.5. The fourth-order valence-corrected chi connectivity index (χ4v) is 3.69. The molecule has 2 aromatic rings. The van der Waals surface area contributed by atoms with Gasteiger partial charge < -0.3 is 15.5 Å². The Labute approximate surface area is 169 Å². The lowest BCUT2D eigenvalue weighted by Gasteiger charge is -2.29. The molecule has 3 rings (SSSR count). The average molecular weight is 383 g/mol. The third kappa shape index (κ3) is 6.37. The van der Waals surface area contributed by atoms with Crippen molar-refractivity contribution in [2.45, 2.75) is 39.3 Å². The van der Waals surface area contributed by atoms with Gasteiger partial charge in [0.15, 0.2) is 5.96 Å². The first kappa shape index (κ1) is 20.4. The highest BCUT2D eigenvalue weighted by Gasteiger charge is 2.16. The van der Waals surface area contributed by atoms with Crippen molar-refractivity contribution < 1.29 is 0 Å². The molecule has 0 atom stereocenters. The van der Waals surface area contributed by atoms with Crippen molar-refractivity contribution >= 4 is 5.96 Å². The molecule has 0 radical (unpaired) electrons. The number of rotatable bonds is 8. The summed E-state index contributed by atoms with van der Waals surface area (Å²) in [7, 11) is 2.22. The van der Waals surface area contributed by atoms with Gasteiger partial charge in [-0.15, -0.1) is 0 Å². The number of aromatic nitrogens is 2. The van der Waals surface area contributed by atoms with Crippen molar-refractivity contribution in [3.05, 3.63) is 53.9 Å². The smallest absolute Gasteiger partial charge is 0.191 e. The number of nitrogens with one attached hydrogen (secondary N) is 2. The summed E-state index contributed by atoms with van der Waals surface area (Å²) < 4.78 is 1.95. The molecule has 0 spiro atoms. The molecule has 1 aliphatic heterocycles. The zero-order valence-corrected chi connectivity index (χ0v) is 17.3. The van der Waals surface area contributed by atoms with Crippen molar-refractivity contribution in [1.82, 2.24) is 25.3 Å². The van der Waals surface area contributed by atoms with Crippen LogP contribution in [0.4, 0.5) is 0 Å². The van der Waals surface area contributed by atoms with E-state index in [2.05, 4.69) is 58.9 Å². The number of nitrogens with zero attached hydrogens (tertiary/aromatic N) is 4. The first-order chi connectivity index (χ1) is 13.7. The van der Waals surface area contributed by atoms with Crippen LogP contribution in [-0.4, -0.2) is 53.9 Å². The van der Waals surface area contributed by atoms with Crippen molar-refractivity contribution in [2.24, 2.45) is 10.9 Å². The Kier molecular flexibility index (Phi) is 7.91. The molecule has 1 aromatic heterocycles. The van der Waals surface area contributed by atoms with Gasteiger partial charge in [0, 0.05) is 25.5 Å². The van der Waals surface area contributed by atoms with Crippen LogP contribution in [0, 0.1) is 5.92 Å². The highest BCUT2D eigenvalue weighted by molar-refractivity contribution is 5.79. The molecule has 6 heteroatoms. The minimum Gasteiger partial charge on any atom is -0.357 e. The Hall–Kier alpha value is -2.34. The molecule has 0 unspecified atom stereocenters. The third-order valence-corrected chi connectivity index (χ3v) is 5.44. The van der Waals surface area contributed by atoms with E-state index in [9.17, 15) is 0 Å². The lowest BCUT2D eigenvalue weighted by Crippen LogP contribution is -2.39. The molecular formula is C22H34N6. The number of guanidine groups is 1. The summed E-state index contributed by atoms with van der Waals surface area (Å²) in [4.78, 5) is 7.25. The van der Waals surface area contributed by atoms with E-state index in [4.69, 9.17) is 4.99 Å². The van der Waals surface area contributed by atoms with E-state index < -0.39 is 0 Å². The van der Waals surface area contributed by atoms with Gasteiger partial charge in [-0.3, -0.25) is 4.68 Å². The van der Waals surface area contributed by atoms with Crippen molar-refractivity contribution in [3.8, 4) is 0 Å². The summed E-state index contributed by atoms with van der Waals surface area (Å²) in [5, 5.41) is 11.2. The predicted octanol–water partition coefficient (Wildman–Crippen LogP) is 2.72. The van der Waals surface area contributed by atoms with Gasteiger partial charge in [0.2, 0.25) is 0 Å². The Morgan fingerprint density at radius 3 is 2.64 bits per heavy atom. The summed E-state index contributed by atoms with van der Waals surface area (Å²) in [5.41, 5.74) is 2.50. The van der Waals surface area contributed by atoms with Gasteiger partial charge in [0.1, 0.15) is 0 Å². The Bertz CT molecular complexity index is 716. The Morgan fingerprint density at radius 2 is 1.93 bits per heavy atom. The Balaban J connectivity index is 1.54. The average Bonchev–Trinajstić information content (AvgIpc) is 3.22. The van der Waals surface area contributed by atoms with Crippen molar-refractivity contribution in [1.29, 1.82) is 0 Å². The standard InChI is InChI=1S/C22H34N6/c1-3-23-22(24-13-9-19-10-15-27(2)16-11-19)25-17-20-7-4-5-8-21(20)18-28-14-6-12-26-28/h4-8,12,14,19H,3,9-11,13,15-18H2,1-2H3,(H2,23,24,25). The lowest BCUT2D eigenvalue weighted by molar-refractivity contribution is 0.213. The Morgan fingerprint density at radius 1 is 1.14 bits per heavy atom. The largest absolute Gasteiger partial charge is 0.357 e. The van der Waals surface area contributed by atoms with E-state index in [1.807, 2.05) is 23.1 Å². The number of likely N-dealkylation sites (tertiary alicyclic amines) is 1. The number of piperidine rings is 1. The van der Waals surface area contributed by atoms with Gasteiger partial charge in [-0.1, -0.05) is 24.3 Å². The summed E-state index contributed by atoms with van der Waals surface area (Å²) in [6.45, 7) is 7.86. The zero-order valence-electron chi connectivity index (χ0n) is 17.3. The number of hydrogen-bond acceptors (Lipinski definition) is 3. The zero-order chi connectivity index (χ0) is 19.6. The number of hydrogen-bond donors (Lipinski definition) is 2. The van der Waals surface area contributed by atoms with Crippen LogP contribution in [0.3, 0.4) is 0 Å². The molecule has 1 aliphatic rings. The van der Waals surface area contributed by atoms with E-state index in [1.54, 1.807) is 0 Å². The van der Waals surface area contributed by atoms with E-state index >= 15 is 0 Å². The molecule has 1 fully saturated rings. The quantitative estimate of drug-likeness (QED) is 0.544. The second kappa shape index (κ2) is 10.9. The van der Waals surface area contributed by atoms with E-state index in [0.717, 1.165) is 31.5 Å². The second-order valence-electron chi connectivity index (χ2n) is 7.63. The minimum absolute atomic E-state index is 0.668. The maximum absolute atomic E-state index is 4.82. The second-order valence-corrected chi connectivity index (χ2v) is 7.63. The summed E-state index contributed by atoms with van der Waals surface area (Å²) >= 11 is 0. The third-order valence-electron chi connectivity index (χ3n) is 5.44. The summed E-state index contributed by atoms with van der Waals surface area (Å²) in [6.07, 6.45) is 7.65. The van der Waals surface area contributed by atoms with Crippen LogP contribution in [0.1, 0.15) is 37.3 Å². The lowest BCUT2D eigenvalue weighted by atomic mass is 9.94. The monoisotopic (exact) mass is 382 g/mol. The fourth-order valence-electron chi connectivity index (χ4n) is 3.69. The fraction of sp³-hybridized carbons (Fsp3) is 0.545. The molecule has 2 heterocycles. The molecule has 0 amide bonds. The molecule has 0 aliphatic carbocycles. The topological polar surface area (TPSA) is 57.5 Å². The van der Waals surface area contributed by atoms with E-state index in [0.29, 0.717) is 6.54 Å². The predicted molar refractivity (Wildman–Crippen MR) is 115 cm³/mol. The molecule has 152 valence electrons. The highest BCUT2D eigenvalue weighted by atomic mass is 15.3.